The second-order valence-corrected chi connectivity index (χ2v) is 5.88. The molecule has 0 fully saturated rings. The number of hydrogen-bond donors (Lipinski definition) is 2. The molecule has 0 radical (unpaired) electrons. The van der Waals surface area contributed by atoms with Gasteiger partial charge < -0.3 is 15.4 Å². The van der Waals surface area contributed by atoms with Crippen LogP contribution in [0.3, 0.4) is 0 Å². The minimum atomic E-state index is -0.423. The van der Waals surface area contributed by atoms with Gasteiger partial charge in [0.2, 0.25) is 5.95 Å². The third kappa shape index (κ3) is 5.54. The Hall–Kier alpha value is -2.96. The molecular formula is C19H24N4O3. The van der Waals surface area contributed by atoms with E-state index < -0.39 is 5.97 Å². The summed E-state index contributed by atoms with van der Waals surface area (Å²) in [7, 11) is 1.32. The molecule has 0 saturated heterocycles. The molecule has 2 aromatic rings. The number of anilines is 2. The minimum Gasteiger partial charge on any atom is -0.465 e. The van der Waals surface area contributed by atoms with E-state index in [9.17, 15) is 9.59 Å². The lowest BCUT2D eigenvalue weighted by molar-refractivity contribution is 0.0600. The van der Waals surface area contributed by atoms with Crippen molar-refractivity contribution in [1.29, 1.82) is 0 Å². The number of carbonyl (C=O) groups is 2. The van der Waals surface area contributed by atoms with Crippen LogP contribution >= 0.6 is 0 Å². The van der Waals surface area contributed by atoms with Gasteiger partial charge in [-0.15, -0.1) is 0 Å². The van der Waals surface area contributed by atoms with E-state index in [2.05, 4.69) is 32.3 Å². The van der Waals surface area contributed by atoms with E-state index in [0.29, 0.717) is 22.9 Å². The number of carbonyl (C=O) groups excluding carboxylic acids is 2. The molecule has 1 amide bonds. The summed E-state index contributed by atoms with van der Waals surface area (Å²) >= 11 is 0. The lowest BCUT2D eigenvalue weighted by Crippen LogP contribution is -2.16. The maximum Gasteiger partial charge on any atom is 0.337 e. The highest BCUT2D eigenvalue weighted by Gasteiger charge is 2.12. The smallest absolute Gasteiger partial charge is 0.337 e. The summed E-state index contributed by atoms with van der Waals surface area (Å²) in [6.45, 7) is 4.73. The second-order valence-electron chi connectivity index (χ2n) is 5.88. The van der Waals surface area contributed by atoms with Gasteiger partial charge in [-0.1, -0.05) is 19.8 Å². The zero-order chi connectivity index (χ0) is 18.9. The van der Waals surface area contributed by atoms with Crippen molar-refractivity contribution in [2.45, 2.75) is 33.1 Å². The number of aryl methyl sites for hydroxylation is 1. The van der Waals surface area contributed by atoms with Gasteiger partial charge in [0.1, 0.15) is 5.69 Å². The maximum atomic E-state index is 12.4. The van der Waals surface area contributed by atoms with Crippen LogP contribution in [-0.4, -0.2) is 35.5 Å². The molecule has 0 aliphatic rings. The molecular weight excluding hydrogens is 332 g/mol. The number of nitrogens with one attached hydrogen (secondary N) is 2. The Morgan fingerprint density at radius 1 is 1.12 bits per heavy atom. The number of nitrogens with zero attached hydrogens (tertiary/aromatic N) is 2. The Bertz CT molecular complexity index is 760. The number of hydrogen-bond acceptors (Lipinski definition) is 6. The maximum absolute atomic E-state index is 12.4. The number of benzene rings is 1. The molecule has 1 aromatic heterocycles. The van der Waals surface area contributed by atoms with Crippen LogP contribution in [0.25, 0.3) is 0 Å². The minimum absolute atomic E-state index is 0.285. The summed E-state index contributed by atoms with van der Waals surface area (Å²) in [4.78, 5) is 32.5. The monoisotopic (exact) mass is 356 g/mol. The Balaban J connectivity index is 2.04. The molecule has 0 bridgehead atoms. The molecule has 2 rings (SSSR count). The molecule has 2 N–H and O–H groups in total. The van der Waals surface area contributed by atoms with Crippen LogP contribution < -0.4 is 10.6 Å². The van der Waals surface area contributed by atoms with Gasteiger partial charge in [-0.25, -0.2) is 14.8 Å². The molecule has 0 atom stereocenters. The van der Waals surface area contributed by atoms with Crippen molar-refractivity contribution in [2.75, 3.05) is 24.3 Å². The third-order valence-corrected chi connectivity index (χ3v) is 3.71. The first-order valence-corrected chi connectivity index (χ1v) is 8.62. The van der Waals surface area contributed by atoms with Crippen LogP contribution in [-0.2, 0) is 4.74 Å². The predicted octanol–water partition coefficient (Wildman–Crippen LogP) is 3.43. The van der Waals surface area contributed by atoms with Crippen molar-refractivity contribution in [3.05, 3.63) is 47.3 Å². The van der Waals surface area contributed by atoms with Gasteiger partial charge >= 0.3 is 5.97 Å². The highest BCUT2D eigenvalue weighted by atomic mass is 16.5. The van der Waals surface area contributed by atoms with Crippen molar-refractivity contribution in [2.24, 2.45) is 0 Å². The van der Waals surface area contributed by atoms with E-state index in [0.717, 1.165) is 25.8 Å². The Morgan fingerprint density at radius 3 is 2.50 bits per heavy atom. The number of esters is 1. The number of methoxy groups -OCH3 is 1. The fraction of sp³-hybridized carbons (Fsp3) is 0.368. The van der Waals surface area contributed by atoms with Crippen LogP contribution in [0.1, 0.15) is 52.7 Å². The summed E-state index contributed by atoms with van der Waals surface area (Å²) in [6, 6.07) is 8.10. The first kappa shape index (κ1) is 19.4. The fourth-order valence-electron chi connectivity index (χ4n) is 2.34. The van der Waals surface area contributed by atoms with Crippen molar-refractivity contribution >= 4 is 23.5 Å². The first-order chi connectivity index (χ1) is 12.5. The number of aromatic nitrogens is 2. The summed E-state index contributed by atoms with van der Waals surface area (Å²) in [5, 5.41) is 5.92. The molecule has 138 valence electrons. The summed E-state index contributed by atoms with van der Waals surface area (Å²) < 4.78 is 4.65. The standard InChI is InChI=1S/C19H24N4O3/c1-4-5-6-11-20-19-21-13(2)12-16(23-19)17(24)22-15-9-7-14(8-10-15)18(25)26-3/h7-10,12H,4-6,11H2,1-3H3,(H,22,24)(H,20,21,23). The molecule has 7 nitrogen and oxygen atoms in total. The predicted molar refractivity (Wildman–Crippen MR) is 101 cm³/mol. The molecule has 0 aliphatic heterocycles. The first-order valence-electron chi connectivity index (χ1n) is 8.62. The summed E-state index contributed by atoms with van der Waals surface area (Å²) in [5.74, 6) is -0.307. The summed E-state index contributed by atoms with van der Waals surface area (Å²) in [6.07, 6.45) is 3.30. The number of amides is 1. The van der Waals surface area contributed by atoms with Gasteiger partial charge in [0.25, 0.3) is 5.91 Å². The average molecular weight is 356 g/mol. The molecule has 0 unspecified atom stereocenters. The third-order valence-electron chi connectivity index (χ3n) is 3.71. The molecule has 26 heavy (non-hydrogen) atoms. The van der Waals surface area contributed by atoms with Crippen LogP contribution in [0.4, 0.5) is 11.6 Å². The lowest BCUT2D eigenvalue weighted by Gasteiger charge is -2.09. The van der Waals surface area contributed by atoms with Gasteiger partial charge in [-0.3, -0.25) is 4.79 Å². The average Bonchev–Trinajstić information content (AvgIpc) is 2.65. The number of unbranched alkanes of at least 4 members (excludes halogenated alkanes) is 2. The summed E-state index contributed by atoms with van der Waals surface area (Å²) in [5.41, 5.74) is 1.98. The molecule has 0 saturated carbocycles. The van der Waals surface area contributed by atoms with Crippen LogP contribution in [0.2, 0.25) is 0 Å². The lowest BCUT2D eigenvalue weighted by atomic mass is 10.2. The Labute approximate surface area is 153 Å². The van der Waals surface area contributed by atoms with E-state index in [1.54, 1.807) is 30.3 Å². The number of ether oxygens (including phenoxy) is 1. The van der Waals surface area contributed by atoms with Crippen molar-refractivity contribution in [3.63, 3.8) is 0 Å². The van der Waals surface area contributed by atoms with E-state index in [1.807, 2.05) is 6.92 Å². The van der Waals surface area contributed by atoms with Crippen LogP contribution in [0.5, 0.6) is 0 Å². The zero-order valence-electron chi connectivity index (χ0n) is 15.3. The van der Waals surface area contributed by atoms with Crippen molar-refractivity contribution < 1.29 is 14.3 Å². The number of rotatable bonds is 8. The largest absolute Gasteiger partial charge is 0.465 e. The highest BCUT2D eigenvalue weighted by molar-refractivity contribution is 6.03. The van der Waals surface area contributed by atoms with E-state index in [1.165, 1.54) is 7.11 Å². The van der Waals surface area contributed by atoms with Crippen molar-refractivity contribution in [3.8, 4) is 0 Å². The van der Waals surface area contributed by atoms with Gasteiger partial charge in [0.05, 0.1) is 12.7 Å². The topological polar surface area (TPSA) is 93.2 Å². The molecule has 1 heterocycles. The van der Waals surface area contributed by atoms with Crippen LogP contribution in [0, 0.1) is 6.92 Å². The van der Waals surface area contributed by atoms with Gasteiger partial charge in [0, 0.05) is 17.9 Å². The quantitative estimate of drug-likeness (QED) is 0.556. The highest BCUT2D eigenvalue weighted by Crippen LogP contribution is 2.13. The normalized spacial score (nSPS) is 10.3. The Kier molecular flexibility index (Phi) is 7.08. The van der Waals surface area contributed by atoms with Crippen LogP contribution in [0.15, 0.2) is 30.3 Å². The van der Waals surface area contributed by atoms with Gasteiger partial charge in [-0.05, 0) is 43.7 Å². The zero-order valence-corrected chi connectivity index (χ0v) is 15.3. The Morgan fingerprint density at radius 2 is 1.85 bits per heavy atom. The molecule has 7 heteroatoms. The SMILES string of the molecule is CCCCCNc1nc(C)cc(C(=O)Nc2ccc(C(=O)OC)cc2)n1. The van der Waals surface area contributed by atoms with Gasteiger partial charge in [-0.2, -0.15) is 0 Å². The molecule has 0 aliphatic carbocycles. The second kappa shape index (κ2) is 9.50. The molecule has 0 spiro atoms. The molecule has 1 aromatic carbocycles. The van der Waals surface area contributed by atoms with E-state index in [4.69, 9.17) is 0 Å². The van der Waals surface area contributed by atoms with E-state index >= 15 is 0 Å². The fourth-order valence-corrected chi connectivity index (χ4v) is 2.34. The van der Waals surface area contributed by atoms with Gasteiger partial charge in [0.15, 0.2) is 0 Å². The van der Waals surface area contributed by atoms with E-state index in [-0.39, 0.29) is 11.6 Å². The van der Waals surface area contributed by atoms with Crippen molar-refractivity contribution in [1.82, 2.24) is 9.97 Å².